The van der Waals surface area contributed by atoms with Crippen LogP contribution in [0.2, 0.25) is 0 Å². The number of hydrogen-bond donors (Lipinski definition) is 0. The second kappa shape index (κ2) is 7.06. The SMILES string of the molecule is Fc1ccc(CN2CCOC[C@]3(CCN(c4ncccn4)C3)C2)cc1. The molecule has 1 atom stereocenters. The highest BCUT2D eigenvalue weighted by Crippen LogP contribution is 2.35. The van der Waals surface area contributed by atoms with Crippen molar-refractivity contribution in [3.63, 3.8) is 0 Å². The number of anilines is 1. The Morgan fingerprint density at radius 3 is 2.68 bits per heavy atom. The van der Waals surface area contributed by atoms with Gasteiger partial charge in [-0.3, -0.25) is 4.90 Å². The van der Waals surface area contributed by atoms with Gasteiger partial charge in [-0.15, -0.1) is 0 Å². The first-order valence-corrected chi connectivity index (χ1v) is 8.79. The lowest BCUT2D eigenvalue weighted by molar-refractivity contribution is 0.0798. The maximum atomic E-state index is 13.1. The largest absolute Gasteiger partial charge is 0.379 e. The standard InChI is InChI=1S/C19H23FN4O/c20-17-4-2-16(3-5-17)12-23-10-11-25-15-19(13-23)6-9-24(14-19)18-21-7-1-8-22-18/h1-5,7-8H,6,9-15H2/t19-/m1/s1. The van der Waals surface area contributed by atoms with Gasteiger partial charge in [-0.25, -0.2) is 14.4 Å². The molecule has 0 unspecified atom stereocenters. The van der Waals surface area contributed by atoms with E-state index in [9.17, 15) is 4.39 Å². The first kappa shape index (κ1) is 16.4. The third kappa shape index (κ3) is 3.80. The summed E-state index contributed by atoms with van der Waals surface area (Å²) in [6, 6.07) is 8.64. The van der Waals surface area contributed by atoms with Crippen LogP contribution in [0.3, 0.4) is 0 Å². The van der Waals surface area contributed by atoms with E-state index < -0.39 is 0 Å². The molecule has 2 saturated heterocycles. The van der Waals surface area contributed by atoms with Gasteiger partial charge in [-0.05, 0) is 30.2 Å². The van der Waals surface area contributed by atoms with Gasteiger partial charge in [0.05, 0.1) is 13.2 Å². The molecular weight excluding hydrogens is 319 g/mol. The van der Waals surface area contributed by atoms with Gasteiger partial charge in [-0.2, -0.15) is 0 Å². The Morgan fingerprint density at radius 1 is 1.08 bits per heavy atom. The Morgan fingerprint density at radius 2 is 1.88 bits per heavy atom. The predicted molar refractivity (Wildman–Crippen MR) is 93.8 cm³/mol. The van der Waals surface area contributed by atoms with E-state index in [4.69, 9.17) is 4.74 Å². The Hall–Kier alpha value is -2.05. The summed E-state index contributed by atoms with van der Waals surface area (Å²) in [5.41, 5.74) is 1.25. The van der Waals surface area contributed by atoms with E-state index in [-0.39, 0.29) is 11.2 Å². The number of benzene rings is 1. The number of aromatic nitrogens is 2. The number of rotatable bonds is 3. The first-order valence-electron chi connectivity index (χ1n) is 8.79. The lowest BCUT2D eigenvalue weighted by atomic mass is 9.87. The summed E-state index contributed by atoms with van der Waals surface area (Å²) < 4.78 is 19.1. The smallest absolute Gasteiger partial charge is 0.225 e. The predicted octanol–water partition coefficient (Wildman–Crippen LogP) is 2.34. The van der Waals surface area contributed by atoms with Gasteiger partial charge in [0.25, 0.3) is 0 Å². The van der Waals surface area contributed by atoms with Crippen LogP contribution in [-0.2, 0) is 11.3 Å². The molecule has 4 rings (SSSR count). The van der Waals surface area contributed by atoms with Crippen molar-refractivity contribution in [3.05, 3.63) is 54.1 Å². The van der Waals surface area contributed by atoms with Crippen molar-refractivity contribution >= 4 is 5.95 Å². The topological polar surface area (TPSA) is 41.5 Å². The zero-order valence-electron chi connectivity index (χ0n) is 14.3. The second-order valence-corrected chi connectivity index (χ2v) is 7.11. The van der Waals surface area contributed by atoms with Crippen molar-refractivity contribution in [3.8, 4) is 0 Å². The van der Waals surface area contributed by atoms with E-state index in [1.807, 2.05) is 18.2 Å². The van der Waals surface area contributed by atoms with Crippen LogP contribution in [0.1, 0.15) is 12.0 Å². The summed E-state index contributed by atoms with van der Waals surface area (Å²) >= 11 is 0. The molecule has 2 aliphatic heterocycles. The van der Waals surface area contributed by atoms with Crippen molar-refractivity contribution in [2.24, 2.45) is 5.41 Å². The minimum atomic E-state index is -0.186. The third-order valence-corrected chi connectivity index (χ3v) is 5.11. The molecule has 1 aromatic carbocycles. The van der Waals surface area contributed by atoms with E-state index in [2.05, 4.69) is 19.8 Å². The maximum absolute atomic E-state index is 13.1. The number of hydrogen-bond acceptors (Lipinski definition) is 5. The molecule has 0 amide bonds. The molecule has 2 fully saturated rings. The van der Waals surface area contributed by atoms with Gasteiger partial charge in [0, 0.05) is 50.5 Å². The number of nitrogens with zero attached hydrogens (tertiary/aromatic N) is 4. The molecule has 0 N–H and O–H groups in total. The molecule has 0 bridgehead atoms. The molecule has 5 nitrogen and oxygen atoms in total. The Labute approximate surface area is 147 Å². The molecule has 0 radical (unpaired) electrons. The van der Waals surface area contributed by atoms with Gasteiger partial charge < -0.3 is 9.64 Å². The molecular formula is C19H23FN4O. The van der Waals surface area contributed by atoms with Crippen LogP contribution in [0.15, 0.2) is 42.7 Å². The minimum Gasteiger partial charge on any atom is -0.379 e. The van der Waals surface area contributed by atoms with Crippen molar-refractivity contribution < 1.29 is 9.13 Å². The molecule has 132 valence electrons. The summed E-state index contributed by atoms with van der Waals surface area (Å²) in [5, 5.41) is 0. The number of ether oxygens (including phenoxy) is 1. The maximum Gasteiger partial charge on any atom is 0.225 e. The van der Waals surface area contributed by atoms with E-state index in [1.54, 1.807) is 12.4 Å². The highest BCUT2D eigenvalue weighted by atomic mass is 19.1. The van der Waals surface area contributed by atoms with Crippen LogP contribution in [0.4, 0.5) is 10.3 Å². The fraction of sp³-hybridized carbons (Fsp3) is 0.474. The van der Waals surface area contributed by atoms with Gasteiger partial charge in [0.15, 0.2) is 0 Å². The van der Waals surface area contributed by atoms with Gasteiger partial charge in [0.2, 0.25) is 5.95 Å². The van der Waals surface area contributed by atoms with Crippen LogP contribution in [0, 0.1) is 11.2 Å². The molecule has 3 heterocycles. The molecule has 2 aliphatic rings. The normalized spacial score (nSPS) is 24.6. The molecule has 0 saturated carbocycles. The molecule has 2 aromatic rings. The van der Waals surface area contributed by atoms with Crippen molar-refractivity contribution in [1.29, 1.82) is 0 Å². The second-order valence-electron chi connectivity index (χ2n) is 7.11. The van der Waals surface area contributed by atoms with E-state index >= 15 is 0 Å². The fourth-order valence-corrected chi connectivity index (χ4v) is 3.87. The molecule has 1 spiro atoms. The van der Waals surface area contributed by atoms with Crippen LogP contribution >= 0.6 is 0 Å². The minimum absolute atomic E-state index is 0.107. The summed E-state index contributed by atoms with van der Waals surface area (Å²) in [7, 11) is 0. The molecule has 25 heavy (non-hydrogen) atoms. The summed E-state index contributed by atoms with van der Waals surface area (Å²) in [6.45, 7) is 6.09. The third-order valence-electron chi connectivity index (χ3n) is 5.11. The molecule has 1 aromatic heterocycles. The van der Waals surface area contributed by atoms with Crippen LogP contribution in [-0.4, -0.2) is 54.3 Å². The zero-order chi connectivity index (χ0) is 17.1. The van der Waals surface area contributed by atoms with Gasteiger partial charge in [-0.1, -0.05) is 12.1 Å². The van der Waals surface area contributed by atoms with E-state index in [0.717, 1.165) is 63.9 Å². The van der Waals surface area contributed by atoms with Crippen molar-refractivity contribution in [2.45, 2.75) is 13.0 Å². The highest BCUT2D eigenvalue weighted by Gasteiger charge is 2.41. The Balaban J connectivity index is 1.45. The van der Waals surface area contributed by atoms with Gasteiger partial charge >= 0.3 is 0 Å². The Bertz CT molecular complexity index is 696. The summed E-state index contributed by atoms with van der Waals surface area (Å²) in [5.74, 6) is 0.613. The number of halogens is 1. The highest BCUT2D eigenvalue weighted by molar-refractivity contribution is 5.32. The van der Waals surface area contributed by atoms with Crippen molar-refractivity contribution in [1.82, 2.24) is 14.9 Å². The van der Waals surface area contributed by atoms with Gasteiger partial charge in [0.1, 0.15) is 5.82 Å². The quantitative estimate of drug-likeness (QED) is 0.856. The monoisotopic (exact) mass is 342 g/mol. The van der Waals surface area contributed by atoms with Crippen LogP contribution in [0.25, 0.3) is 0 Å². The fourth-order valence-electron chi connectivity index (χ4n) is 3.87. The molecule has 6 heteroatoms. The van der Waals surface area contributed by atoms with E-state index in [1.165, 1.54) is 12.1 Å². The lowest BCUT2D eigenvalue weighted by Crippen LogP contribution is -2.40. The van der Waals surface area contributed by atoms with Crippen LogP contribution in [0.5, 0.6) is 0 Å². The van der Waals surface area contributed by atoms with E-state index in [0.29, 0.717) is 0 Å². The Kier molecular flexibility index (Phi) is 4.63. The van der Waals surface area contributed by atoms with Crippen LogP contribution < -0.4 is 4.90 Å². The van der Waals surface area contributed by atoms with Crippen molar-refractivity contribution in [2.75, 3.05) is 44.3 Å². The summed E-state index contributed by atoms with van der Waals surface area (Å²) in [6.07, 6.45) is 4.65. The average molecular weight is 342 g/mol. The average Bonchev–Trinajstić information content (AvgIpc) is 2.94. The zero-order valence-corrected chi connectivity index (χ0v) is 14.3. The molecule has 0 aliphatic carbocycles. The lowest BCUT2D eigenvalue weighted by Gasteiger charge is -2.31. The summed E-state index contributed by atoms with van der Waals surface area (Å²) in [4.78, 5) is 13.4. The first-order chi connectivity index (χ1) is 12.2.